The van der Waals surface area contributed by atoms with E-state index in [1.54, 1.807) is 12.3 Å². The largest absolute Gasteiger partial charge is 0.511 e. The maximum Gasteiger partial charge on any atom is 0.511 e. The lowest BCUT2D eigenvalue weighted by Gasteiger charge is -2.40. The fourth-order valence-electron chi connectivity index (χ4n) is 4.06. The number of rotatable bonds is 5. The number of carboxylic acid groups (broad SMARTS) is 1. The summed E-state index contributed by atoms with van der Waals surface area (Å²) in [4.78, 5) is 40.9. The van der Waals surface area contributed by atoms with E-state index in [9.17, 15) is 14.4 Å². The molecule has 2 heterocycles. The first kappa shape index (κ1) is 20.4. The number of Topliss-reactive ketones (excluding diaryl/α,β-unsaturated/α-hetero) is 1. The standard InChI is InChI=1S/C20H24FN3O6/c1-29-17(25)11-22-4-6-23(7-5-22)16-9-15-14(19(26)18(16)21)8-13(30-20(27)28)10-24(15)12-2-3-12/h9-10,12,18H,2-8,11H2,1H3,(H,27,28). The third-order valence-corrected chi connectivity index (χ3v) is 5.77. The average Bonchev–Trinajstić information content (AvgIpc) is 3.56. The summed E-state index contributed by atoms with van der Waals surface area (Å²) in [5.41, 5.74) is 1.19. The van der Waals surface area contributed by atoms with E-state index < -0.39 is 18.1 Å². The molecule has 4 aliphatic rings. The molecule has 1 unspecified atom stereocenters. The van der Waals surface area contributed by atoms with Crippen LogP contribution in [0, 0.1) is 0 Å². The number of esters is 1. The number of hydrogen-bond acceptors (Lipinski definition) is 8. The van der Waals surface area contributed by atoms with Gasteiger partial charge in [-0.2, -0.15) is 0 Å². The van der Waals surface area contributed by atoms with E-state index in [2.05, 4.69) is 4.74 Å². The molecule has 0 aromatic rings. The summed E-state index contributed by atoms with van der Waals surface area (Å²) in [5, 5.41) is 8.92. The second-order valence-electron chi connectivity index (χ2n) is 7.78. The summed E-state index contributed by atoms with van der Waals surface area (Å²) in [6.07, 6.45) is 1.85. The molecule has 0 aromatic carbocycles. The van der Waals surface area contributed by atoms with Crippen molar-refractivity contribution in [2.75, 3.05) is 39.8 Å². The van der Waals surface area contributed by atoms with Gasteiger partial charge in [0.15, 0.2) is 0 Å². The third kappa shape index (κ3) is 4.04. The molecule has 1 saturated carbocycles. The fraction of sp³-hybridized carbons (Fsp3) is 0.550. The zero-order valence-electron chi connectivity index (χ0n) is 16.7. The van der Waals surface area contributed by atoms with Crippen molar-refractivity contribution in [1.29, 1.82) is 0 Å². The number of ether oxygens (including phenoxy) is 2. The highest BCUT2D eigenvalue weighted by Crippen LogP contribution is 2.41. The summed E-state index contributed by atoms with van der Waals surface area (Å²) in [6, 6.07) is 0.154. The molecule has 2 fully saturated rings. The minimum absolute atomic E-state index is 0.0409. The number of halogens is 1. The van der Waals surface area contributed by atoms with Gasteiger partial charge in [-0.3, -0.25) is 14.5 Å². The fourth-order valence-corrected chi connectivity index (χ4v) is 4.06. The van der Waals surface area contributed by atoms with Crippen molar-refractivity contribution in [1.82, 2.24) is 14.7 Å². The Morgan fingerprint density at radius 2 is 1.93 bits per heavy atom. The quantitative estimate of drug-likeness (QED) is 0.657. The van der Waals surface area contributed by atoms with E-state index >= 15 is 4.39 Å². The van der Waals surface area contributed by atoms with Crippen LogP contribution in [0.15, 0.2) is 35.0 Å². The van der Waals surface area contributed by atoms with E-state index in [1.807, 2.05) is 14.7 Å². The summed E-state index contributed by atoms with van der Waals surface area (Å²) in [6.45, 7) is 2.28. The number of piperazine rings is 1. The molecule has 2 aliphatic carbocycles. The first-order chi connectivity index (χ1) is 14.4. The maximum atomic E-state index is 15.1. The van der Waals surface area contributed by atoms with Crippen molar-refractivity contribution in [2.45, 2.75) is 31.5 Å². The Morgan fingerprint density at radius 1 is 1.23 bits per heavy atom. The monoisotopic (exact) mass is 421 g/mol. The molecule has 4 rings (SSSR count). The normalized spacial score (nSPS) is 24.9. The van der Waals surface area contributed by atoms with Crippen molar-refractivity contribution < 1.29 is 33.4 Å². The first-order valence-electron chi connectivity index (χ1n) is 9.94. The Bertz CT molecular complexity index is 855. The topological polar surface area (TPSA) is 99.6 Å². The summed E-state index contributed by atoms with van der Waals surface area (Å²) in [5.74, 6) is -0.839. The summed E-state index contributed by atoms with van der Waals surface area (Å²) >= 11 is 0. The van der Waals surface area contributed by atoms with Gasteiger partial charge in [-0.05, 0) is 18.9 Å². The number of carbonyl (C=O) groups is 3. The second kappa shape index (κ2) is 8.10. The van der Waals surface area contributed by atoms with Crippen LogP contribution >= 0.6 is 0 Å². The summed E-state index contributed by atoms with van der Waals surface area (Å²) in [7, 11) is 1.34. The van der Waals surface area contributed by atoms with Crippen LogP contribution in [-0.2, 0) is 19.1 Å². The van der Waals surface area contributed by atoms with Gasteiger partial charge < -0.3 is 24.4 Å². The van der Waals surface area contributed by atoms with Crippen molar-refractivity contribution >= 4 is 17.9 Å². The number of alkyl halides is 1. The molecule has 1 N–H and O–H groups in total. The Balaban J connectivity index is 1.54. The van der Waals surface area contributed by atoms with Crippen LogP contribution in [0.3, 0.4) is 0 Å². The van der Waals surface area contributed by atoms with Gasteiger partial charge in [-0.15, -0.1) is 0 Å². The Kier molecular flexibility index (Phi) is 5.50. The molecule has 0 radical (unpaired) electrons. The molecule has 2 aliphatic heterocycles. The van der Waals surface area contributed by atoms with Crippen LogP contribution in [-0.4, -0.2) is 89.8 Å². The van der Waals surface area contributed by atoms with Gasteiger partial charge >= 0.3 is 12.1 Å². The van der Waals surface area contributed by atoms with Gasteiger partial charge in [0.25, 0.3) is 0 Å². The van der Waals surface area contributed by atoms with Crippen molar-refractivity contribution in [3.63, 3.8) is 0 Å². The van der Waals surface area contributed by atoms with Gasteiger partial charge in [-0.1, -0.05) is 0 Å². The SMILES string of the molecule is COC(=O)CN1CCN(C2=CC3=C(CC(OC(=O)O)=CN3C3CC3)C(=O)C2F)CC1. The molecule has 0 bridgehead atoms. The molecule has 1 atom stereocenters. The number of nitrogens with zero attached hydrogens (tertiary/aromatic N) is 3. The van der Waals surface area contributed by atoms with E-state index in [0.29, 0.717) is 37.6 Å². The highest BCUT2D eigenvalue weighted by atomic mass is 19.1. The van der Waals surface area contributed by atoms with Gasteiger partial charge in [0.2, 0.25) is 12.0 Å². The smallest absolute Gasteiger partial charge is 0.468 e. The van der Waals surface area contributed by atoms with Crippen LogP contribution in [0.25, 0.3) is 0 Å². The second-order valence-corrected chi connectivity index (χ2v) is 7.78. The van der Waals surface area contributed by atoms with E-state index in [-0.39, 0.29) is 36.3 Å². The van der Waals surface area contributed by atoms with Crippen LogP contribution < -0.4 is 0 Å². The zero-order chi connectivity index (χ0) is 21.4. The number of allylic oxidation sites excluding steroid dienone is 3. The van der Waals surface area contributed by atoms with Crippen molar-refractivity contribution in [2.24, 2.45) is 0 Å². The van der Waals surface area contributed by atoms with Crippen LogP contribution in [0.2, 0.25) is 0 Å². The molecule has 0 amide bonds. The minimum Gasteiger partial charge on any atom is -0.468 e. The van der Waals surface area contributed by atoms with Crippen molar-refractivity contribution in [3.8, 4) is 0 Å². The zero-order valence-corrected chi connectivity index (χ0v) is 16.7. The van der Waals surface area contributed by atoms with E-state index in [1.165, 1.54) is 7.11 Å². The highest BCUT2D eigenvalue weighted by molar-refractivity contribution is 6.03. The molecular formula is C20H24FN3O6. The predicted molar refractivity (Wildman–Crippen MR) is 102 cm³/mol. The third-order valence-electron chi connectivity index (χ3n) is 5.77. The lowest BCUT2D eigenvalue weighted by molar-refractivity contribution is -0.142. The van der Waals surface area contributed by atoms with Crippen LogP contribution in [0.4, 0.5) is 9.18 Å². The van der Waals surface area contributed by atoms with Gasteiger partial charge in [-0.25, -0.2) is 9.18 Å². The predicted octanol–water partition coefficient (Wildman–Crippen LogP) is 1.24. The molecule has 30 heavy (non-hydrogen) atoms. The van der Waals surface area contributed by atoms with Crippen LogP contribution in [0.1, 0.15) is 19.3 Å². The molecule has 162 valence electrons. The van der Waals surface area contributed by atoms with Gasteiger partial charge in [0.05, 0.1) is 25.0 Å². The first-order valence-corrected chi connectivity index (χ1v) is 9.94. The number of carbonyl (C=O) groups excluding carboxylic acids is 2. The van der Waals surface area contributed by atoms with Crippen molar-refractivity contribution in [3.05, 3.63) is 35.0 Å². The minimum atomic E-state index is -1.80. The molecule has 10 heteroatoms. The van der Waals surface area contributed by atoms with Gasteiger partial charge in [0, 0.05) is 50.4 Å². The number of ketones is 1. The molecule has 0 aromatic heterocycles. The Morgan fingerprint density at radius 3 is 2.53 bits per heavy atom. The Hall–Kier alpha value is -2.88. The average molecular weight is 421 g/mol. The van der Waals surface area contributed by atoms with E-state index in [4.69, 9.17) is 9.84 Å². The molecule has 9 nitrogen and oxygen atoms in total. The number of hydrogen-bond donors (Lipinski definition) is 1. The lowest BCUT2D eigenvalue weighted by Crippen LogP contribution is -2.50. The molecular weight excluding hydrogens is 397 g/mol. The molecule has 0 spiro atoms. The van der Waals surface area contributed by atoms with Crippen LogP contribution in [0.5, 0.6) is 0 Å². The molecule has 1 saturated heterocycles. The summed E-state index contributed by atoms with van der Waals surface area (Å²) < 4.78 is 24.6. The van der Waals surface area contributed by atoms with Gasteiger partial charge in [0.1, 0.15) is 5.76 Å². The number of methoxy groups -OCH3 is 1. The Labute approximate surface area is 173 Å². The maximum absolute atomic E-state index is 15.1. The highest BCUT2D eigenvalue weighted by Gasteiger charge is 2.42. The lowest BCUT2D eigenvalue weighted by atomic mass is 9.90. The van der Waals surface area contributed by atoms with E-state index in [0.717, 1.165) is 12.8 Å².